The average molecular weight is 411 g/mol. The maximum absolute atomic E-state index is 12.2. The first-order chi connectivity index (χ1) is 13.0. The second-order valence-electron chi connectivity index (χ2n) is 5.18. The molecule has 0 saturated carbocycles. The second kappa shape index (κ2) is 8.83. The molecule has 2 aromatic carbocycles. The highest BCUT2D eigenvalue weighted by molar-refractivity contribution is 7.99. The lowest BCUT2D eigenvalue weighted by molar-refractivity contribution is -0.113. The molecule has 1 N–H and O–H groups in total. The Balaban J connectivity index is 1.60. The van der Waals surface area contributed by atoms with E-state index in [0.717, 1.165) is 5.69 Å². The van der Waals surface area contributed by atoms with Crippen molar-refractivity contribution in [3.8, 4) is 11.4 Å². The largest absolute Gasteiger partial charge is 0.433 e. The summed E-state index contributed by atoms with van der Waals surface area (Å²) in [5.41, 5.74) is 1.25. The summed E-state index contributed by atoms with van der Waals surface area (Å²) in [6, 6.07) is 13.5. The Labute approximate surface area is 162 Å². The van der Waals surface area contributed by atoms with E-state index in [1.807, 2.05) is 30.3 Å². The third-order valence-corrected chi connectivity index (χ3v) is 4.55. The fraction of sp³-hybridized carbons (Fsp3) is 0.118. The van der Waals surface area contributed by atoms with Crippen molar-refractivity contribution >= 4 is 35.0 Å². The zero-order valence-corrected chi connectivity index (χ0v) is 15.3. The van der Waals surface area contributed by atoms with E-state index >= 15 is 0 Å². The van der Waals surface area contributed by atoms with Crippen LogP contribution in [0, 0.1) is 0 Å². The number of para-hydroxylation sites is 1. The molecular formula is C17H13ClF2N4O2S. The van der Waals surface area contributed by atoms with Gasteiger partial charge in [0.15, 0.2) is 5.16 Å². The van der Waals surface area contributed by atoms with E-state index < -0.39 is 6.61 Å². The summed E-state index contributed by atoms with van der Waals surface area (Å²) in [4.78, 5) is 12.1. The maximum Gasteiger partial charge on any atom is 0.387 e. The number of nitrogens with zero attached hydrogens (tertiary/aromatic N) is 3. The van der Waals surface area contributed by atoms with E-state index in [4.69, 9.17) is 11.6 Å². The number of rotatable bonds is 7. The van der Waals surface area contributed by atoms with Gasteiger partial charge in [-0.25, -0.2) is 0 Å². The number of amides is 1. The molecule has 0 fully saturated rings. The number of alkyl halides is 2. The number of halogens is 3. The number of nitrogens with one attached hydrogen (secondary N) is 1. The van der Waals surface area contributed by atoms with E-state index in [2.05, 4.69) is 20.3 Å². The summed E-state index contributed by atoms with van der Waals surface area (Å²) in [6.45, 7) is -2.97. The zero-order chi connectivity index (χ0) is 19.2. The highest BCUT2D eigenvalue weighted by Crippen LogP contribution is 2.29. The van der Waals surface area contributed by atoms with Gasteiger partial charge < -0.3 is 10.1 Å². The number of anilines is 1. The Morgan fingerprint density at radius 2 is 2.04 bits per heavy atom. The lowest BCUT2D eigenvalue weighted by Gasteiger charge is -2.10. The lowest BCUT2D eigenvalue weighted by atomic mass is 10.3. The minimum Gasteiger partial charge on any atom is -0.433 e. The van der Waals surface area contributed by atoms with E-state index in [1.54, 1.807) is 10.9 Å². The monoisotopic (exact) mass is 410 g/mol. The van der Waals surface area contributed by atoms with Crippen molar-refractivity contribution in [2.75, 3.05) is 11.1 Å². The highest BCUT2D eigenvalue weighted by atomic mass is 35.5. The van der Waals surface area contributed by atoms with Gasteiger partial charge in [0.25, 0.3) is 0 Å². The van der Waals surface area contributed by atoms with Crippen molar-refractivity contribution in [3.05, 3.63) is 59.9 Å². The van der Waals surface area contributed by atoms with Crippen LogP contribution in [-0.4, -0.2) is 33.0 Å². The van der Waals surface area contributed by atoms with Gasteiger partial charge in [0, 0.05) is 11.4 Å². The van der Waals surface area contributed by atoms with Crippen LogP contribution in [0.1, 0.15) is 0 Å². The molecule has 0 aliphatic carbocycles. The van der Waals surface area contributed by atoms with Gasteiger partial charge in [-0.1, -0.05) is 41.6 Å². The molecule has 1 heterocycles. The average Bonchev–Trinajstić information content (AvgIpc) is 3.11. The van der Waals surface area contributed by atoms with Crippen molar-refractivity contribution in [2.24, 2.45) is 0 Å². The highest BCUT2D eigenvalue weighted by Gasteiger charge is 2.12. The van der Waals surface area contributed by atoms with Crippen LogP contribution in [0.3, 0.4) is 0 Å². The molecule has 1 aromatic heterocycles. The molecule has 0 atom stereocenters. The number of hydrogen-bond acceptors (Lipinski definition) is 5. The fourth-order valence-electron chi connectivity index (χ4n) is 2.19. The summed E-state index contributed by atoms with van der Waals surface area (Å²) in [5, 5.41) is 11.1. The van der Waals surface area contributed by atoms with E-state index in [1.165, 1.54) is 30.0 Å². The van der Waals surface area contributed by atoms with E-state index in [0.29, 0.717) is 10.8 Å². The topological polar surface area (TPSA) is 69.0 Å². The van der Waals surface area contributed by atoms with Crippen molar-refractivity contribution in [2.45, 2.75) is 11.8 Å². The number of carbonyl (C=O) groups is 1. The summed E-state index contributed by atoms with van der Waals surface area (Å²) in [6.07, 6.45) is 1.57. The third-order valence-electron chi connectivity index (χ3n) is 3.31. The molecule has 140 valence electrons. The van der Waals surface area contributed by atoms with Crippen LogP contribution >= 0.6 is 23.4 Å². The van der Waals surface area contributed by atoms with Crippen molar-refractivity contribution in [1.82, 2.24) is 14.8 Å². The number of hydrogen-bond donors (Lipinski definition) is 1. The van der Waals surface area contributed by atoms with Crippen LogP contribution in [0.25, 0.3) is 5.69 Å². The van der Waals surface area contributed by atoms with Gasteiger partial charge in [-0.2, -0.15) is 8.78 Å². The zero-order valence-electron chi connectivity index (χ0n) is 13.7. The summed E-state index contributed by atoms with van der Waals surface area (Å²) in [7, 11) is 0. The van der Waals surface area contributed by atoms with Crippen molar-refractivity contribution in [3.63, 3.8) is 0 Å². The standard InChI is InChI=1S/C17H13ClF2N4O2S/c18-13-8-11(6-7-14(13)26-16(19)20)22-15(25)9-27-17-23-21-10-24(17)12-4-2-1-3-5-12/h1-8,10,16H,9H2,(H,22,25). The lowest BCUT2D eigenvalue weighted by Crippen LogP contribution is -2.14. The number of aromatic nitrogens is 3. The van der Waals surface area contributed by atoms with Crippen molar-refractivity contribution in [1.29, 1.82) is 0 Å². The van der Waals surface area contributed by atoms with Gasteiger partial charge in [-0.05, 0) is 30.3 Å². The number of thioether (sulfide) groups is 1. The van der Waals surface area contributed by atoms with Crippen LogP contribution in [-0.2, 0) is 4.79 Å². The van der Waals surface area contributed by atoms with Gasteiger partial charge in [0.2, 0.25) is 5.91 Å². The molecule has 0 saturated heterocycles. The predicted octanol–water partition coefficient (Wildman–Crippen LogP) is 4.25. The smallest absolute Gasteiger partial charge is 0.387 e. The molecule has 27 heavy (non-hydrogen) atoms. The van der Waals surface area contributed by atoms with Crippen LogP contribution in [0.2, 0.25) is 5.02 Å². The summed E-state index contributed by atoms with van der Waals surface area (Å²) >= 11 is 7.08. The SMILES string of the molecule is O=C(CSc1nncn1-c1ccccc1)Nc1ccc(OC(F)F)c(Cl)c1. The molecule has 0 bridgehead atoms. The third kappa shape index (κ3) is 5.18. The number of ether oxygens (including phenoxy) is 1. The quantitative estimate of drug-likeness (QED) is 0.589. The predicted molar refractivity (Wildman–Crippen MR) is 98.8 cm³/mol. The van der Waals surface area contributed by atoms with Gasteiger partial charge in [0.1, 0.15) is 12.1 Å². The fourth-order valence-corrected chi connectivity index (χ4v) is 3.14. The summed E-state index contributed by atoms with van der Waals surface area (Å²) < 4.78 is 30.5. The minimum atomic E-state index is -2.97. The van der Waals surface area contributed by atoms with Crippen LogP contribution < -0.4 is 10.1 Å². The first-order valence-electron chi connectivity index (χ1n) is 7.65. The second-order valence-corrected chi connectivity index (χ2v) is 6.53. The minimum absolute atomic E-state index is 0.0235. The number of carbonyl (C=O) groups excluding carboxylic acids is 1. The molecule has 3 rings (SSSR count). The van der Waals surface area contributed by atoms with Crippen LogP contribution in [0.5, 0.6) is 5.75 Å². The maximum atomic E-state index is 12.2. The van der Waals surface area contributed by atoms with Crippen molar-refractivity contribution < 1.29 is 18.3 Å². The molecule has 0 aliphatic heterocycles. The first-order valence-corrected chi connectivity index (χ1v) is 9.02. The molecule has 6 nitrogen and oxygen atoms in total. The Hall–Kier alpha value is -2.65. The van der Waals surface area contributed by atoms with Gasteiger partial charge in [-0.3, -0.25) is 9.36 Å². The molecule has 10 heteroatoms. The Morgan fingerprint density at radius 1 is 1.26 bits per heavy atom. The Kier molecular flexibility index (Phi) is 6.25. The van der Waals surface area contributed by atoms with Gasteiger partial charge >= 0.3 is 6.61 Å². The molecule has 1 amide bonds. The van der Waals surface area contributed by atoms with E-state index in [-0.39, 0.29) is 22.4 Å². The number of benzene rings is 2. The van der Waals surface area contributed by atoms with Crippen LogP contribution in [0.4, 0.5) is 14.5 Å². The normalized spacial score (nSPS) is 10.8. The molecule has 0 spiro atoms. The molecular weight excluding hydrogens is 398 g/mol. The van der Waals surface area contributed by atoms with E-state index in [9.17, 15) is 13.6 Å². The van der Waals surface area contributed by atoms with Gasteiger partial charge in [0.05, 0.1) is 10.8 Å². The first kappa shape index (κ1) is 19.1. The molecule has 0 aliphatic rings. The van der Waals surface area contributed by atoms with Gasteiger partial charge in [-0.15, -0.1) is 10.2 Å². The Bertz CT molecular complexity index is 924. The molecule has 0 radical (unpaired) electrons. The molecule has 3 aromatic rings. The summed E-state index contributed by atoms with van der Waals surface area (Å²) in [5.74, 6) is -0.380. The molecule has 0 unspecified atom stereocenters. The van der Waals surface area contributed by atoms with Crippen LogP contribution in [0.15, 0.2) is 60.0 Å². The Morgan fingerprint density at radius 3 is 2.74 bits per heavy atom.